The number of nitrogens with two attached hydrogens (primary N) is 1. The van der Waals surface area contributed by atoms with E-state index in [2.05, 4.69) is 17.5 Å². The number of hydrogen-bond acceptors (Lipinski definition) is 2. The van der Waals surface area contributed by atoms with Gasteiger partial charge in [0.25, 0.3) is 0 Å². The van der Waals surface area contributed by atoms with E-state index < -0.39 is 23.1 Å². The second-order valence-electron chi connectivity index (χ2n) is 2.27. The Morgan fingerprint density at radius 2 is 1.85 bits per heavy atom. The van der Waals surface area contributed by atoms with Crippen LogP contribution in [0.4, 0.5) is 14.5 Å². The minimum atomic E-state index is -0.953. The number of rotatable bonds is 1. The molecule has 0 heterocycles. The van der Waals surface area contributed by atoms with Crippen LogP contribution in [-0.2, 0) is 0 Å². The van der Waals surface area contributed by atoms with Gasteiger partial charge in [-0.15, -0.1) is 0 Å². The van der Waals surface area contributed by atoms with Crippen LogP contribution in [0, 0.1) is 11.6 Å². The van der Waals surface area contributed by atoms with Crippen LogP contribution in [0.15, 0.2) is 12.1 Å². The van der Waals surface area contributed by atoms with Crippen LogP contribution in [0.1, 0.15) is 0 Å². The Hall–Kier alpha value is -1.43. The van der Waals surface area contributed by atoms with Crippen molar-refractivity contribution < 1.29 is 13.9 Å². The zero-order valence-corrected chi connectivity index (χ0v) is 7.16. The second kappa shape index (κ2) is 3.53. The number of nitrogens with one attached hydrogen (secondary N) is 1. The lowest BCUT2D eigenvalue weighted by atomic mass is 10.2. The van der Waals surface area contributed by atoms with Gasteiger partial charge in [-0.1, -0.05) is 0 Å². The molecule has 1 aromatic carbocycles. The minimum Gasteiger partial charge on any atom is -0.508 e. The Morgan fingerprint density at radius 3 is 2.23 bits per heavy atom. The van der Waals surface area contributed by atoms with Crippen molar-refractivity contribution in [1.29, 1.82) is 0 Å². The van der Waals surface area contributed by atoms with Crippen LogP contribution < -0.4 is 11.1 Å². The second-order valence-corrected chi connectivity index (χ2v) is 2.71. The lowest BCUT2D eigenvalue weighted by molar-refractivity contribution is 0.461. The summed E-state index contributed by atoms with van der Waals surface area (Å²) >= 11 is 4.40. The first-order valence-electron chi connectivity index (χ1n) is 3.25. The summed E-state index contributed by atoms with van der Waals surface area (Å²) in [6, 6.07) is 1.51. The summed E-state index contributed by atoms with van der Waals surface area (Å²) in [7, 11) is 0. The van der Waals surface area contributed by atoms with Gasteiger partial charge in [-0.05, 0) is 12.2 Å². The lowest BCUT2D eigenvalue weighted by Crippen LogP contribution is -2.20. The van der Waals surface area contributed by atoms with E-state index in [1.54, 1.807) is 0 Å². The van der Waals surface area contributed by atoms with E-state index >= 15 is 0 Å². The number of phenols is 1. The zero-order chi connectivity index (χ0) is 10.0. The molecule has 1 aromatic rings. The molecule has 0 amide bonds. The van der Waals surface area contributed by atoms with Crippen LogP contribution >= 0.6 is 12.2 Å². The van der Waals surface area contributed by atoms with E-state index in [9.17, 15) is 8.78 Å². The Kier molecular flexibility index (Phi) is 2.62. The molecule has 0 fully saturated rings. The van der Waals surface area contributed by atoms with Gasteiger partial charge in [0.1, 0.15) is 11.4 Å². The van der Waals surface area contributed by atoms with Crippen LogP contribution in [0.25, 0.3) is 0 Å². The highest BCUT2D eigenvalue weighted by Crippen LogP contribution is 2.23. The summed E-state index contributed by atoms with van der Waals surface area (Å²) in [6.45, 7) is 0. The van der Waals surface area contributed by atoms with E-state index in [1.165, 1.54) is 0 Å². The van der Waals surface area contributed by atoms with Gasteiger partial charge in [-0.3, -0.25) is 0 Å². The summed E-state index contributed by atoms with van der Waals surface area (Å²) in [4.78, 5) is 0. The quantitative estimate of drug-likeness (QED) is 0.477. The third-order valence-corrected chi connectivity index (χ3v) is 1.38. The molecular weight excluding hydrogens is 198 g/mol. The van der Waals surface area contributed by atoms with Crippen LogP contribution in [0.5, 0.6) is 5.75 Å². The third kappa shape index (κ3) is 2.25. The first-order chi connectivity index (χ1) is 6.00. The number of thiocarbonyl (C=S) groups is 1. The van der Waals surface area contributed by atoms with Gasteiger partial charge < -0.3 is 16.2 Å². The van der Waals surface area contributed by atoms with Crippen LogP contribution in [0.2, 0.25) is 0 Å². The van der Waals surface area contributed by atoms with Crippen molar-refractivity contribution in [2.75, 3.05) is 5.32 Å². The van der Waals surface area contributed by atoms with Crippen molar-refractivity contribution in [3.63, 3.8) is 0 Å². The maximum Gasteiger partial charge on any atom is 0.168 e. The molecular formula is C7H6F2N2OS. The molecule has 0 atom stereocenters. The SMILES string of the molecule is NC(=S)Nc1c(F)cc(O)cc1F. The van der Waals surface area contributed by atoms with E-state index in [0.29, 0.717) is 0 Å². The molecule has 3 nitrogen and oxygen atoms in total. The van der Waals surface area contributed by atoms with Gasteiger partial charge in [-0.2, -0.15) is 0 Å². The van der Waals surface area contributed by atoms with Gasteiger partial charge >= 0.3 is 0 Å². The number of aromatic hydroxyl groups is 1. The standard InChI is InChI=1S/C7H6F2N2OS/c8-4-1-3(12)2-5(9)6(4)11-7(10)13/h1-2,12H,(H3,10,11,13). The molecule has 0 saturated carbocycles. The first-order valence-corrected chi connectivity index (χ1v) is 3.66. The maximum absolute atomic E-state index is 12.9. The van der Waals surface area contributed by atoms with Crippen molar-refractivity contribution in [3.8, 4) is 5.75 Å². The fourth-order valence-electron chi connectivity index (χ4n) is 0.802. The van der Waals surface area contributed by atoms with Crippen LogP contribution in [-0.4, -0.2) is 10.2 Å². The number of benzene rings is 1. The molecule has 0 unspecified atom stereocenters. The van der Waals surface area contributed by atoms with E-state index in [0.717, 1.165) is 12.1 Å². The van der Waals surface area contributed by atoms with E-state index in [1.807, 2.05) is 0 Å². The summed E-state index contributed by atoms with van der Waals surface area (Å²) in [5.74, 6) is -2.40. The smallest absolute Gasteiger partial charge is 0.168 e. The Labute approximate surface area is 78.2 Å². The van der Waals surface area contributed by atoms with Crippen LogP contribution in [0.3, 0.4) is 0 Å². The van der Waals surface area contributed by atoms with Gasteiger partial charge in [0.15, 0.2) is 16.7 Å². The van der Waals surface area contributed by atoms with Gasteiger partial charge in [0.05, 0.1) is 0 Å². The first kappa shape index (κ1) is 9.66. The lowest BCUT2D eigenvalue weighted by Gasteiger charge is -2.06. The average Bonchev–Trinajstić information content (AvgIpc) is 1.96. The van der Waals surface area contributed by atoms with E-state index in [4.69, 9.17) is 10.8 Å². The molecule has 0 aliphatic carbocycles. The molecule has 0 aliphatic heterocycles. The molecule has 4 N–H and O–H groups in total. The zero-order valence-electron chi connectivity index (χ0n) is 6.34. The fourth-order valence-corrected chi connectivity index (χ4v) is 0.904. The largest absolute Gasteiger partial charge is 0.508 e. The molecule has 0 saturated heterocycles. The summed E-state index contributed by atoms with van der Waals surface area (Å²) < 4.78 is 25.8. The van der Waals surface area contributed by atoms with Crippen molar-refractivity contribution >= 4 is 23.0 Å². The highest BCUT2D eigenvalue weighted by molar-refractivity contribution is 7.80. The Bertz CT molecular complexity index is 333. The number of anilines is 1. The normalized spacial score (nSPS) is 9.69. The highest BCUT2D eigenvalue weighted by Gasteiger charge is 2.10. The molecule has 0 radical (unpaired) electrons. The van der Waals surface area contributed by atoms with Crippen molar-refractivity contribution in [1.82, 2.24) is 0 Å². The molecule has 13 heavy (non-hydrogen) atoms. The van der Waals surface area contributed by atoms with Gasteiger partial charge in [0.2, 0.25) is 0 Å². The molecule has 0 bridgehead atoms. The Morgan fingerprint density at radius 1 is 1.38 bits per heavy atom. The monoisotopic (exact) mass is 204 g/mol. The molecule has 0 spiro atoms. The fraction of sp³-hybridized carbons (Fsp3) is 0. The van der Waals surface area contributed by atoms with Crippen molar-refractivity contribution in [3.05, 3.63) is 23.8 Å². The Balaban J connectivity index is 3.13. The minimum absolute atomic E-state index is 0.247. The summed E-state index contributed by atoms with van der Waals surface area (Å²) in [5.41, 5.74) is 4.56. The number of halogens is 2. The molecule has 70 valence electrons. The summed E-state index contributed by atoms with van der Waals surface area (Å²) in [5, 5.41) is 10.7. The van der Waals surface area contributed by atoms with Gasteiger partial charge in [0, 0.05) is 12.1 Å². The van der Waals surface area contributed by atoms with Gasteiger partial charge in [-0.25, -0.2) is 8.78 Å². The predicted octanol–water partition coefficient (Wildman–Crippen LogP) is 1.33. The predicted molar refractivity (Wildman–Crippen MR) is 48.4 cm³/mol. The van der Waals surface area contributed by atoms with Crippen molar-refractivity contribution in [2.24, 2.45) is 5.73 Å². The molecule has 0 aromatic heterocycles. The number of phenolic OH excluding ortho intramolecular Hbond substituents is 1. The molecule has 6 heteroatoms. The molecule has 1 rings (SSSR count). The molecule has 0 aliphatic rings. The third-order valence-electron chi connectivity index (χ3n) is 1.28. The maximum atomic E-state index is 12.9. The number of hydrogen-bond donors (Lipinski definition) is 3. The summed E-state index contributed by atoms with van der Waals surface area (Å²) in [6.07, 6.45) is 0. The van der Waals surface area contributed by atoms with E-state index in [-0.39, 0.29) is 5.11 Å². The van der Waals surface area contributed by atoms with Crippen molar-refractivity contribution in [2.45, 2.75) is 0 Å². The average molecular weight is 204 g/mol. The topological polar surface area (TPSA) is 58.3 Å². The highest BCUT2D eigenvalue weighted by atomic mass is 32.1.